The third kappa shape index (κ3) is 3.67. The number of nitrogens with one attached hydrogen (secondary N) is 2. The molecule has 1 aromatic rings. The van der Waals surface area contributed by atoms with Gasteiger partial charge in [-0.3, -0.25) is 9.48 Å². The average molecular weight is 362 g/mol. The number of ether oxygens (including phenoxy) is 1. The zero-order chi connectivity index (χ0) is 18.0. The second-order valence-electron chi connectivity index (χ2n) is 7.52. The van der Waals surface area contributed by atoms with E-state index >= 15 is 0 Å². The predicted molar refractivity (Wildman–Crippen MR) is 92.6 cm³/mol. The lowest BCUT2D eigenvalue weighted by Gasteiger charge is -2.36. The highest BCUT2D eigenvalue weighted by atomic mass is 16.6. The largest absolute Gasteiger partial charge is 0.441 e. The normalized spacial score (nSPS) is 25.2. The number of aryl methyl sites for hydroxylation is 1. The first-order chi connectivity index (χ1) is 12.6. The molecule has 0 aromatic carbocycles. The third-order valence-corrected chi connectivity index (χ3v) is 5.70. The number of aromatic nitrogens is 3. The Bertz CT molecular complexity index is 661. The highest BCUT2D eigenvalue weighted by Gasteiger charge is 2.43. The molecule has 1 spiro atoms. The number of amides is 2. The molecular formula is C17H26N6O3. The van der Waals surface area contributed by atoms with E-state index < -0.39 is 5.60 Å². The molecule has 2 amide bonds. The molecule has 0 saturated carbocycles. The molecule has 3 saturated heterocycles. The highest BCUT2D eigenvalue weighted by Crippen LogP contribution is 2.29. The van der Waals surface area contributed by atoms with Gasteiger partial charge in [0.15, 0.2) is 5.69 Å². The third-order valence-electron chi connectivity index (χ3n) is 5.70. The summed E-state index contributed by atoms with van der Waals surface area (Å²) >= 11 is 0. The van der Waals surface area contributed by atoms with Gasteiger partial charge in [0.2, 0.25) is 0 Å². The molecule has 9 nitrogen and oxygen atoms in total. The van der Waals surface area contributed by atoms with Crippen LogP contribution in [0.1, 0.15) is 49.0 Å². The van der Waals surface area contributed by atoms with Crippen LogP contribution in [0.5, 0.6) is 0 Å². The number of piperidine rings is 2. The minimum atomic E-state index is -0.446. The van der Waals surface area contributed by atoms with Gasteiger partial charge in [-0.25, -0.2) is 4.79 Å². The molecule has 1 aromatic heterocycles. The number of rotatable bonds is 4. The first-order valence-electron chi connectivity index (χ1n) is 9.53. The topological polar surface area (TPSA) is 101 Å². The first kappa shape index (κ1) is 17.3. The van der Waals surface area contributed by atoms with E-state index in [1.165, 1.54) is 19.3 Å². The van der Waals surface area contributed by atoms with Crippen LogP contribution in [0.15, 0.2) is 6.20 Å². The van der Waals surface area contributed by atoms with Gasteiger partial charge in [-0.1, -0.05) is 11.6 Å². The Morgan fingerprint density at radius 2 is 2.19 bits per heavy atom. The summed E-state index contributed by atoms with van der Waals surface area (Å²) in [7, 11) is 0. The highest BCUT2D eigenvalue weighted by molar-refractivity contribution is 5.92. The van der Waals surface area contributed by atoms with Crippen LogP contribution < -0.4 is 10.6 Å². The van der Waals surface area contributed by atoms with Crippen molar-refractivity contribution in [3.05, 3.63) is 11.9 Å². The Balaban J connectivity index is 1.28. The number of hydrogen-bond donors (Lipinski definition) is 2. The summed E-state index contributed by atoms with van der Waals surface area (Å²) in [5.41, 5.74) is -0.0579. The fraction of sp³-hybridized carbons (Fsp3) is 0.765. The Kier molecular flexibility index (Phi) is 4.80. The number of likely N-dealkylation sites (tertiary alicyclic amines) is 1. The predicted octanol–water partition coefficient (Wildman–Crippen LogP) is 0.525. The van der Waals surface area contributed by atoms with E-state index in [0.717, 1.165) is 19.5 Å². The van der Waals surface area contributed by atoms with Crippen molar-refractivity contribution in [3.8, 4) is 0 Å². The quantitative estimate of drug-likeness (QED) is 0.810. The summed E-state index contributed by atoms with van der Waals surface area (Å²) in [6, 6.07) is 0.535. The van der Waals surface area contributed by atoms with E-state index in [9.17, 15) is 9.59 Å². The number of alkyl carbamates (subject to hydrolysis) is 1. The van der Waals surface area contributed by atoms with Crippen molar-refractivity contribution in [3.63, 3.8) is 0 Å². The van der Waals surface area contributed by atoms with Gasteiger partial charge in [-0.2, -0.15) is 0 Å². The van der Waals surface area contributed by atoms with Gasteiger partial charge in [-0.05, 0) is 25.8 Å². The molecular weight excluding hydrogens is 336 g/mol. The number of nitrogens with zero attached hydrogens (tertiary/aromatic N) is 4. The maximum atomic E-state index is 12.7. The number of hydrogen-bond acceptors (Lipinski definition) is 6. The van der Waals surface area contributed by atoms with E-state index in [2.05, 4.69) is 20.9 Å². The smallest absolute Gasteiger partial charge is 0.407 e. The maximum Gasteiger partial charge on any atom is 0.407 e. The molecule has 3 aliphatic heterocycles. The van der Waals surface area contributed by atoms with Crippen LogP contribution >= 0.6 is 0 Å². The van der Waals surface area contributed by atoms with Crippen molar-refractivity contribution < 1.29 is 14.3 Å². The van der Waals surface area contributed by atoms with Gasteiger partial charge in [0.1, 0.15) is 5.60 Å². The van der Waals surface area contributed by atoms with E-state index in [4.69, 9.17) is 4.74 Å². The fourth-order valence-corrected chi connectivity index (χ4v) is 4.02. The second kappa shape index (κ2) is 7.22. The summed E-state index contributed by atoms with van der Waals surface area (Å²) in [5, 5.41) is 14.4. The van der Waals surface area contributed by atoms with Gasteiger partial charge >= 0.3 is 6.09 Å². The SMILES string of the molecule is O=C1NCC2(CCN(C(=O)c3cn(CCC4CCCCN4)nn3)CC2)O1. The van der Waals surface area contributed by atoms with E-state index in [0.29, 0.717) is 44.2 Å². The summed E-state index contributed by atoms with van der Waals surface area (Å²) in [6.07, 6.45) is 7.42. The second-order valence-corrected chi connectivity index (χ2v) is 7.52. The molecule has 142 valence electrons. The van der Waals surface area contributed by atoms with Gasteiger partial charge < -0.3 is 20.3 Å². The zero-order valence-electron chi connectivity index (χ0n) is 14.9. The van der Waals surface area contributed by atoms with Crippen molar-refractivity contribution in [2.75, 3.05) is 26.2 Å². The molecule has 3 aliphatic rings. The zero-order valence-corrected chi connectivity index (χ0v) is 14.9. The van der Waals surface area contributed by atoms with Crippen molar-refractivity contribution in [2.45, 2.75) is 56.7 Å². The lowest BCUT2D eigenvalue weighted by atomic mass is 9.91. The Hall–Kier alpha value is -2.16. The van der Waals surface area contributed by atoms with Crippen molar-refractivity contribution in [1.82, 2.24) is 30.5 Å². The minimum Gasteiger partial charge on any atom is -0.441 e. The van der Waals surface area contributed by atoms with Crippen LogP contribution in [0.25, 0.3) is 0 Å². The van der Waals surface area contributed by atoms with Crippen molar-refractivity contribution in [1.29, 1.82) is 0 Å². The molecule has 0 aliphatic carbocycles. The Morgan fingerprint density at radius 3 is 2.88 bits per heavy atom. The summed E-state index contributed by atoms with van der Waals surface area (Å²) < 4.78 is 7.15. The standard InChI is InChI=1S/C17H26N6O3/c24-15(22-9-5-17(6-10-22)12-19-16(25)26-17)14-11-23(21-20-14)8-4-13-3-1-2-7-18-13/h11,13,18H,1-10,12H2,(H,19,25). The molecule has 1 unspecified atom stereocenters. The van der Waals surface area contributed by atoms with Crippen LogP contribution in [-0.2, 0) is 11.3 Å². The van der Waals surface area contributed by atoms with Gasteiger partial charge in [0.05, 0.1) is 12.7 Å². The Labute approximate surface area is 152 Å². The minimum absolute atomic E-state index is 0.0980. The van der Waals surface area contributed by atoms with Gasteiger partial charge in [0, 0.05) is 38.5 Å². The molecule has 26 heavy (non-hydrogen) atoms. The lowest BCUT2D eigenvalue weighted by molar-refractivity contribution is 0.00314. The molecule has 4 rings (SSSR count). The summed E-state index contributed by atoms with van der Waals surface area (Å²) in [5.74, 6) is -0.0980. The lowest BCUT2D eigenvalue weighted by Crippen LogP contribution is -2.48. The molecule has 2 N–H and O–H groups in total. The van der Waals surface area contributed by atoms with Gasteiger partial charge in [0.25, 0.3) is 5.91 Å². The Morgan fingerprint density at radius 1 is 1.35 bits per heavy atom. The molecule has 0 radical (unpaired) electrons. The van der Waals surface area contributed by atoms with Crippen LogP contribution in [0.2, 0.25) is 0 Å². The van der Waals surface area contributed by atoms with E-state index in [1.54, 1.807) is 15.8 Å². The molecule has 0 bridgehead atoms. The number of carbonyl (C=O) groups excluding carboxylic acids is 2. The number of carbonyl (C=O) groups is 2. The van der Waals surface area contributed by atoms with Crippen molar-refractivity contribution in [2.24, 2.45) is 0 Å². The maximum absolute atomic E-state index is 12.7. The first-order valence-corrected chi connectivity index (χ1v) is 9.53. The van der Waals surface area contributed by atoms with Crippen LogP contribution in [0.3, 0.4) is 0 Å². The van der Waals surface area contributed by atoms with Gasteiger partial charge in [-0.15, -0.1) is 5.10 Å². The van der Waals surface area contributed by atoms with Crippen LogP contribution in [-0.4, -0.2) is 69.7 Å². The van der Waals surface area contributed by atoms with E-state index in [-0.39, 0.29) is 12.0 Å². The summed E-state index contributed by atoms with van der Waals surface area (Å²) in [4.78, 5) is 25.7. The monoisotopic (exact) mass is 362 g/mol. The van der Waals surface area contributed by atoms with Crippen LogP contribution in [0, 0.1) is 0 Å². The van der Waals surface area contributed by atoms with Crippen molar-refractivity contribution >= 4 is 12.0 Å². The van der Waals surface area contributed by atoms with E-state index in [1.807, 2.05) is 0 Å². The van der Waals surface area contributed by atoms with Crippen LogP contribution in [0.4, 0.5) is 4.79 Å². The molecule has 4 heterocycles. The molecule has 3 fully saturated rings. The average Bonchev–Trinajstić information content (AvgIpc) is 3.28. The summed E-state index contributed by atoms with van der Waals surface area (Å²) in [6.45, 7) is 3.51. The molecule has 9 heteroatoms. The molecule has 1 atom stereocenters. The fourth-order valence-electron chi connectivity index (χ4n) is 4.02.